The largest absolute Gasteiger partial charge is 0.471 e. The lowest BCUT2D eigenvalue weighted by atomic mass is 9.79. The minimum Gasteiger partial charge on any atom is -0.349 e. The van der Waals surface area contributed by atoms with Crippen LogP contribution in [0, 0.1) is 23.7 Å². The van der Waals surface area contributed by atoms with E-state index in [0.717, 1.165) is 24.2 Å². The summed E-state index contributed by atoms with van der Waals surface area (Å²) >= 11 is 0. The molecule has 0 saturated heterocycles. The van der Waals surface area contributed by atoms with Crippen LogP contribution in [-0.4, -0.2) is 22.1 Å². The Bertz CT molecular complexity index is 893. The molecule has 1 aromatic heterocycles. The van der Waals surface area contributed by atoms with Crippen LogP contribution in [0.25, 0.3) is 11.4 Å². The van der Waals surface area contributed by atoms with Gasteiger partial charge < -0.3 is 9.84 Å². The van der Waals surface area contributed by atoms with Gasteiger partial charge in [-0.3, -0.25) is 4.79 Å². The van der Waals surface area contributed by atoms with Gasteiger partial charge >= 0.3 is 12.1 Å². The van der Waals surface area contributed by atoms with Gasteiger partial charge in [0.05, 0.1) is 0 Å². The maximum absolute atomic E-state index is 12.6. The molecule has 8 heteroatoms. The SMILES string of the molecule is O=C(NC1CC2CC1C1CCCC21)c1ccc(-c2noc(C(F)(F)F)n2)cc1. The molecule has 3 aliphatic carbocycles. The molecule has 5 atom stereocenters. The van der Waals surface area contributed by atoms with Gasteiger partial charge in [-0.05, 0) is 61.5 Å². The molecular weight excluding hydrogens is 371 g/mol. The number of fused-ring (bicyclic) bond motifs is 5. The molecule has 0 aliphatic heterocycles. The van der Waals surface area contributed by atoms with Crippen LogP contribution in [0.15, 0.2) is 28.8 Å². The van der Waals surface area contributed by atoms with Gasteiger partial charge in [0.25, 0.3) is 5.91 Å². The molecule has 5 rings (SSSR count). The van der Waals surface area contributed by atoms with Crippen molar-refractivity contribution >= 4 is 5.91 Å². The van der Waals surface area contributed by atoms with Crippen molar-refractivity contribution in [2.45, 2.75) is 44.3 Å². The van der Waals surface area contributed by atoms with Crippen molar-refractivity contribution in [1.82, 2.24) is 15.5 Å². The van der Waals surface area contributed by atoms with Crippen molar-refractivity contribution in [3.05, 3.63) is 35.7 Å². The predicted molar refractivity (Wildman–Crippen MR) is 93.0 cm³/mol. The number of alkyl halides is 3. The van der Waals surface area contributed by atoms with Crippen LogP contribution in [-0.2, 0) is 6.18 Å². The number of benzene rings is 1. The number of nitrogens with one attached hydrogen (secondary N) is 1. The van der Waals surface area contributed by atoms with Gasteiger partial charge in [-0.1, -0.05) is 23.7 Å². The molecule has 148 valence electrons. The molecule has 1 N–H and O–H groups in total. The summed E-state index contributed by atoms with van der Waals surface area (Å²) < 4.78 is 42.0. The fourth-order valence-corrected chi connectivity index (χ4v) is 5.71. The molecule has 1 heterocycles. The smallest absolute Gasteiger partial charge is 0.349 e. The van der Waals surface area contributed by atoms with Gasteiger partial charge in [-0.2, -0.15) is 18.2 Å². The summed E-state index contributed by atoms with van der Waals surface area (Å²) in [5.74, 6) is 1.32. The molecule has 3 saturated carbocycles. The van der Waals surface area contributed by atoms with E-state index in [-0.39, 0.29) is 17.8 Å². The lowest BCUT2D eigenvalue weighted by molar-refractivity contribution is -0.159. The van der Waals surface area contributed by atoms with E-state index in [4.69, 9.17) is 0 Å². The van der Waals surface area contributed by atoms with Gasteiger partial charge in [-0.25, -0.2) is 0 Å². The quantitative estimate of drug-likeness (QED) is 0.847. The lowest BCUT2D eigenvalue weighted by Crippen LogP contribution is -2.42. The van der Waals surface area contributed by atoms with Crippen molar-refractivity contribution in [2.75, 3.05) is 0 Å². The van der Waals surface area contributed by atoms with E-state index in [2.05, 4.69) is 20.0 Å². The second-order valence-corrected chi connectivity index (χ2v) is 8.23. The van der Waals surface area contributed by atoms with Crippen LogP contribution in [0.2, 0.25) is 0 Å². The number of amides is 1. The first-order chi connectivity index (χ1) is 13.4. The molecule has 0 spiro atoms. The Morgan fingerprint density at radius 3 is 2.54 bits per heavy atom. The minimum absolute atomic E-state index is 0.136. The number of rotatable bonds is 3. The van der Waals surface area contributed by atoms with Crippen molar-refractivity contribution < 1.29 is 22.5 Å². The van der Waals surface area contributed by atoms with Crippen molar-refractivity contribution in [3.63, 3.8) is 0 Å². The summed E-state index contributed by atoms with van der Waals surface area (Å²) in [6.45, 7) is 0. The highest BCUT2D eigenvalue weighted by atomic mass is 19.4. The summed E-state index contributed by atoms with van der Waals surface area (Å²) in [5, 5.41) is 6.55. The number of halogens is 3. The molecule has 28 heavy (non-hydrogen) atoms. The first-order valence-electron chi connectivity index (χ1n) is 9.72. The Morgan fingerprint density at radius 1 is 1.07 bits per heavy atom. The molecule has 2 aromatic rings. The minimum atomic E-state index is -4.68. The Kier molecular flexibility index (Phi) is 4.00. The Morgan fingerprint density at radius 2 is 1.82 bits per heavy atom. The molecule has 1 amide bonds. The maximum Gasteiger partial charge on any atom is 0.471 e. The highest BCUT2D eigenvalue weighted by Gasteiger charge is 2.54. The van der Waals surface area contributed by atoms with E-state index in [1.165, 1.54) is 37.8 Å². The summed E-state index contributed by atoms with van der Waals surface area (Å²) in [5.41, 5.74) is 0.846. The van der Waals surface area contributed by atoms with E-state index in [0.29, 0.717) is 17.0 Å². The van der Waals surface area contributed by atoms with Crippen LogP contribution in [0.1, 0.15) is 48.4 Å². The molecule has 0 radical (unpaired) electrons. The number of carbonyl (C=O) groups excluding carboxylic acids is 1. The topological polar surface area (TPSA) is 68.0 Å². The van der Waals surface area contributed by atoms with Gasteiger partial charge in [0.2, 0.25) is 5.82 Å². The maximum atomic E-state index is 12.6. The Labute approximate surface area is 159 Å². The standard InChI is InChI=1S/C20H20F3N3O2/c21-20(22,23)19-25-17(26-28-19)10-4-6-11(7-5-10)18(27)24-16-9-12-8-15(16)14-3-1-2-13(12)14/h4-7,12-16H,1-3,8-9H2,(H,24,27). The summed E-state index contributed by atoms with van der Waals surface area (Å²) in [6, 6.07) is 6.48. The summed E-state index contributed by atoms with van der Waals surface area (Å²) in [6.07, 6.45) is 1.58. The highest BCUT2D eigenvalue weighted by molar-refractivity contribution is 5.94. The second kappa shape index (κ2) is 6.32. The molecular formula is C20H20F3N3O2. The second-order valence-electron chi connectivity index (χ2n) is 8.23. The van der Waals surface area contributed by atoms with Crippen molar-refractivity contribution in [1.29, 1.82) is 0 Å². The number of hydrogen-bond acceptors (Lipinski definition) is 4. The number of carbonyl (C=O) groups is 1. The Balaban J connectivity index is 1.26. The first-order valence-corrected chi connectivity index (χ1v) is 9.72. The predicted octanol–water partition coefficient (Wildman–Crippen LogP) is 4.31. The normalized spacial score (nSPS) is 31.2. The van der Waals surface area contributed by atoms with Gasteiger partial charge in [0.15, 0.2) is 0 Å². The van der Waals surface area contributed by atoms with E-state index in [1.807, 2.05) is 0 Å². The van der Waals surface area contributed by atoms with Gasteiger partial charge in [0.1, 0.15) is 0 Å². The fourth-order valence-electron chi connectivity index (χ4n) is 5.71. The number of nitrogens with zero attached hydrogens (tertiary/aromatic N) is 2. The van der Waals surface area contributed by atoms with Crippen LogP contribution in [0.4, 0.5) is 13.2 Å². The molecule has 2 bridgehead atoms. The first kappa shape index (κ1) is 17.7. The van der Waals surface area contributed by atoms with E-state index < -0.39 is 12.1 Å². The average molecular weight is 391 g/mol. The van der Waals surface area contributed by atoms with Crippen molar-refractivity contribution in [2.24, 2.45) is 23.7 Å². The monoisotopic (exact) mass is 391 g/mol. The molecule has 5 nitrogen and oxygen atoms in total. The lowest BCUT2D eigenvalue weighted by Gasteiger charge is -2.32. The third-order valence-electron chi connectivity index (χ3n) is 6.82. The van der Waals surface area contributed by atoms with Gasteiger partial charge in [0, 0.05) is 17.2 Å². The third kappa shape index (κ3) is 2.89. The van der Waals surface area contributed by atoms with Crippen LogP contribution >= 0.6 is 0 Å². The zero-order chi connectivity index (χ0) is 19.5. The molecule has 3 aliphatic rings. The molecule has 1 aromatic carbocycles. The van der Waals surface area contributed by atoms with Gasteiger partial charge in [-0.15, -0.1) is 0 Å². The average Bonchev–Trinajstić information content (AvgIpc) is 3.41. The molecule has 3 fully saturated rings. The zero-order valence-electron chi connectivity index (χ0n) is 15.1. The Hall–Kier alpha value is -2.38. The van der Waals surface area contributed by atoms with Crippen LogP contribution in [0.3, 0.4) is 0 Å². The highest BCUT2D eigenvalue weighted by Crippen LogP contribution is 2.58. The van der Waals surface area contributed by atoms with E-state index >= 15 is 0 Å². The van der Waals surface area contributed by atoms with Crippen molar-refractivity contribution in [3.8, 4) is 11.4 Å². The van der Waals surface area contributed by atoms with Crippen LogP contribution in [0.5, 0.6) is 0 Å². The van der Waals surface area contributed by atoms with E-state index in [1.54, 1.807) is 12.1 Å². The molecule has 5 unspecified atom stereocenters. The van der Waals surface area contributed by atoms with E-state index in [9.17, 15) is 18.0 Å². The zero-order valence-corrected chi connectivity index (χ0v) is 15.1. The van der Waals surface area contributed by atoms with Crippen LogP contribution < -0.4 is 5.32 Å². The summed E-state index contributed by atoms with van der Waals surface area (Å²) in [4.78, 5) is 16.0. The number of aromatic nitrogens is 2. The fraction of sp³-hybridized carbons (Fsp3) is 0.550. The third-order valence-corrected chi connectivity index (χ3v) is 6.82. The summed E-state index contributed by atoms with van der Waals surface area (Å²) in [7, 11) is 0. The number of hydrogen-bond donors (Lipinski definition) is 1.